The van der Waals surface area contributed by atoms with Gasteiger partial charge in [-0.2, -0.15) is 0 Å². The normalized spacial score (nSPS) is 10.0. The standard InChI is InChI=1S/C10H18O3/c1-3-10(12)5-4-7-13-8-6-9(2)11/h3-8H2,1-2H3. The summed E-state index contributed by atoms with van der Waals surface area (Å²) in [5.41, 5.74) is 0. The van der Waals surface area contributed by atoms with Crippen LogP contribution in [0, 0.1) is 0 Å². The summed E-state index contributed by atoms with van der Waals surface area (Å²) < 4.78 is 5.17. The highest BCUT2D eigenvalue weighted by molar-refractivity contribution is 5.77. The van der Waals surface area contributed by atoms with Crippen LogP contribution < -0.4 is 0 Å². The minimum Gasteiger partial charge on any atom is -0.381 e. The Hall–Kier alpha value is -0.700. The van der Waals surface area contributed by atoms with Gasteiger partial charge in [-0.25, -0.2) is 0 Å². The van der Waals surface area contributed by atoms with Crippen molar-refractivity contribution in [2.75, 3.05) is 13.2 Å². The van der Waals surface area contributed by atoms with E-state index in [-0.39, 0.29) is 11.6 Å². The van der Waals surface area contributed by atoms with Crippen molar-refractivity contribution in [2.24, 2.45) is 0 Å². The van der Waals surface area contributed by atoms with E-state index >= 15 is 0 Å². The zero-order chi connectivity index (χ0) is 10.1. The Kier molecular flexibility index (Phi) is 7.50. The molecule has 3 heteroatoms. The predicted octanol–water partition coefficient (Wildman–Crippen LogP) is 1.74. The molecule has 0 saturated heterocycles. The highest BCUT2D eigenvalue weighted by atomic mass is 16.5. The summed E-state index contributed by atoms with van der Waals surface area (Å²) in [6.07, 6.45) is 2.44. The molecule has 3 nitrogen and oxygen atoms in total. The van der Waals surface area contributed by atoms with E-state index in [1.807, 2.05) is 6.92 Å². The van der Waals surface area contributed by atoms with Crippen molar-refractivity contribution in [1.29, 1.82) is 0 Å². The molecule has 0 fully saturated rings. The fourth-order valence-electron chi connectivity index (χ4n) is 0.866. The maximum atomic E-state index is 10.8. The van der Waals surface area contributed by atoms with Crippen LogP contribution in [-0.4, -0.2) is 24.8 Å². The first kappa shape index (κ1) is 12.3. The van der Waals surface area contributed by atoms with Gasteiger partial charge in [0, 0.05) is 25.9 Å². The maximum Gasteiger partial charge on any atom is 0.132 e. The Morgan fingerprint density at radius 2 is 1.85 bits per heavy atom. The van der Waals surface area contributed by atoms with Crippen molar-refractivity contribution >= 4 is 11.6 Å². The lowest BCUT2D eigenvalue weighted by Gasteiger charge is -2.01. The fraction of sp³-hybridized carbons (Fsp3) is 0.800. The zero-order valence-corrected chi connectivity index (χ0v) is 8.47. The van der Waals surface area contributed by atoms with Crippen LogP contribution in [0.4, 0.5) is 0 Å². The zero-order valence-electron chi connectivity index (χ0n) is 8.47. The molecule has 0 N–H and O–H groups in total. The number of hydrogen-bond donors (Lipinski definition) is 0. The monoisotopic (exact) mass is 186 g/mol. The van der Waals surface area contributed by atoms with Gasteiger partial charge in [0.2, 0.25) is 0 Å². The quantitative estimate of drug-likeness (QED) is 0.542. The first-order valence-corrected chi connectivity index (χ1v) is 4.75. The summed E-state index contributed by atoms with van der Waals surface area (Å²) in [5, 5.41) is 0. The molecule has 0 bridgehead atoms. The molecule has 13 heavy (non-hydrogen) atoms. The van der Waals surface area contributed by atoms with Crippen molar-refractivity contribution < 1.29 is 14.3 Å². The molecule has 0 aromatic heterocycles. The van der Waals surface area contributed by atoms with Crippen LogP contribution in [0.25, 0.3) is 0 Å². The fourth-order valence-corrected chi connectivity index (χ4v) is 0.866. The van der Waals surface area contributed by atoms with Crippen LogP contribution in [0.15, 0.2) is 0 Å². The van der Waals surface area contributed by atoms with Crippen molar-refractivity contribution in [1.82, 2.24) is 0 Å². The Labute approximate surface area is 79.5 Å². The summed E-state index contributed by atoms with van der Waals surface area (Å²) in [6, 6.07) is 0. The SMILES string of the molecule is CCC(=O)CCCOCCC(C)=O. The number of ketones is 2. The molecule has 0 aromatic carbocycles. The second-order valence-electron chi connectivity index (χ2n) is 3.06. The second-order valence-corrected chi connectivity index (χ2v) is 3.06. The molecular weight excluding hydrogens is 168 g/mol. The van der Waals surface area contributed by atoms with E-state index in [0.717, 1.165) is 6.42 Å². The summed E-state index contributed by atoms with van der Waals surface area (Å²) in [4.78, 5) is 21.3. The number of carbonyl (C=O) groups is 2. The molecule has 0 heterocycles. The number of Topliss-reactive ketones (excluding diaryl/α,β-unsaturated/α-hetero) is 2. The lowest BCUT2D eigenvalue weighted by Crippen LogP contribution is -2.03. The number of hydrogen-bond acceptors (Lipinski definition) is 3. The van der Waals surface area contributed by atoms with E-state index in [1.54, 1.807) is 6.92 Å². The number of carbonyl (C=O) groups excluding carboxylic acids is 2. The van der Waals surface area contributed by atoms with E-state index in [2.05, 4.69) is 0 Å². The van der Waals surface area contributed by atoms with Gasteiger partial charge in [-0.05, 0) is 13.3 Å². The largest absolute Gasteiger partial charge is 0.381 e. The second kappa shape index (κ2) is 7.92. The van der Waals surface area contributed by atoms with Crippen LogP contribution in [0.3, 0.4) is 0 Å². The molecule has 0 saturated carbocycles. The highest BCUT2D eigenvalue weighted by Gasteiger charge is 1.98. The lowest BCUT2D eigenvalue weighted by molar-refractivity contribution is -0.120. The average Bonchev–Trinajstić information content (AvgIpc) is 2.10. The Morgan fingerprint density at radius 3 is 2.38 bits per heavy atom. The van der Waals surface area contributed by atoms with E-state index in [0.29, 0.717) is 32.5 Å². The van der Waals surface area contributed by atoms with Crippen LogP contribution in [0.2, 0.25) is 0 Å². The maximum absolute atomic E-state index is 10.8. The van der Waals surface area contributed by atoms with E-state index < -0.39 is 0 Å². The van der Waals surface area contributed by atoms with Crippen LogP contribution >= 0.6 is 0 Å². The van der Waals surface area contributed by atoms with Crippen LogP contribution in [0.5, 0.6) is 0 Å². The lowest BCUT2D eigenvalue weighted by atomic mass is 10.2. The highest BCUT2D eigenvalue weighted by Crippen LogP contribution is 1.95. The topological polar surface area (TPSA) is 43.4 Å². The molecule has 0 rings (SSSR count). The smallest absolute Gasteiger partial charge is 0.132 e. The molecule has 0 amide bonds. The third kappa shape index (κ3) is 9.21. The van der Waals surface area contributed by atoms with E-state index in [1.165, 1.54) is 0 Å². The van der Waals surface area contributed by atoms with Gasteiger partial charge in [-0.1, -0.05) is 6.92 Å². The Balaban J connectivity index is 3.08. The summed E-state index contributed by atoms with van der Waals surface area (Å²) >= 11 is 0. The number of rotatable bonds is 8. The van der Waals surface area contributed by atoms with Crippen molar-refractivity contribution in [2.45, 2.75) is 39.5 Å². The van der Waals surface area contributed by atoms with E-state index in [9.17, 15) is 9.59 Å². The molecule has 0 unspecified atom stereocenters. The third-order valence-electron chi connectivity index (χ3n) is 1.74. The van der Waals surface area contributed by atoms with Gasteiger partial charge in [0.1, 0.15) is 11.6 Å². The van der Waals surface area contributed by atoms with Crippen molar-refractivity contribution in [3.8, 4) is 0 Å². The van der Waals surface area contributed by atoms with E-state index in [4.69, 9.17) is 4.74 Å². The summed E-state index contributed by atoms with van der Waals surface area (Å²) in [7, 11) is 0. The minimum atomic E-state index is 0.143. The summed E-state index contributed by atoms with van der Waals surface area (Å²) in [5.74, 6) is 0.416. The van der Waals surface area contributed by atoms with Crippen molar-refractivity contribution in [3.05, 3.63) is 0 Å². The molecule has 0 atom stereocenters. The first-order valence-electron chi connectivity index (χ1n) is 4.75. The first-order chi connectivity index (χ1) is 6.16. The minimum absolute atomic E-state index is 0.143. The van der Waals surface area contributed by atoms with Gasteiger partial charge >= 0.3 is 0 Å². The average molecular weight is 186 g/mol. The Morgan fingerprint density at radius 1 is 1.15 bits per heavy atom. The van der Waals surface area contributed by atoms with Crippen molar-refractivity contribution in [3.63, 3.8) is 0 Å². The van der Waals surface area contributed by atoms with Gasteiger partial charge in [0.25, 0.3) is 0 Å². The molecule has 0 spiro atoms. The van der Waals surface area contributed by atoms with Gasteiger partial charge in [0.05, 0.1) is 6.61 Å². The predicted molar refractivity (Wildman–Crippen MR) is 50.6 cm³/mol. The summed E-state index contributed by atoms with van der Waals surface area (Å²) in [6.45, 7) is 4.47. The molecule has 76 valence electrons. The van der Waals surface area contributed by atoms with Gasteiger partial charge in [0.15, 0.2) is 0 Å². The Bertz CT molecular complexity index is 164. The molecule has 0 aromatic rings. The molecule has 0 aliphatic carbocycles. The molecule has 0 radical (unpaired) electrons. The molecular formula is C10H18O3. The van der Waals surface area contributed by atoms with Gasteiger partial charge < -0.3 is 4.74 Å². The van der Waals surface area contributed by atoms with Gasteiger partial charge in [-0.15, -0.1) is 0 Å². The van der Waals surface area contributed by atoms with Crippen LogP contribution in [0.1, 0.15) is 39.5 Å². The van der Waals surface area contributed by atoms with Gasteiger partial charge in [-0.3, -0.25) is 9.59 Å². The van der Waals surface area contributed by atoms with Crippen LogP contribution in [-0.2, 0) is 14.3 Å². The molecule has 0 aliphatic heterocycles. The third-order valence-corrected chi connectivity index (χ3v) is 1.74. The molecule has 0 aliphatic rings. The number of ether oxygens (including phenoxy) is 1.